The van der Waals surface area contributed by atoms with Crippen LogP contribution in [0.1, 0.15) is 11.7 Å². The molecule has 1 N–H and O–H groups in total. The molecule has 0 aliphatic heterocycles. The molecule has 2 rings (SSSR count). The molecule has 0 heterocycles. The number of halogens is 2. The predicted octanol–water partition coefficient (Wildman–Crippen LogP) is 3.36. The summed E-state index contributed by atoms with van der Waals surface area (Å²) < 4.78 is 23.9. The van der Waals surface area contributed by atoms with Gasteiger partial charge in [0.05, 0.1) is 6.10 Å². The number of nitrogens with one attached hydrogen (secondary N) is 1. The van der Waals surface area contributed by atoms with Gasteiger partial charge in [0.2, 0.25) is 0 Å². The number of ether oxygens (including phenoxy) is 2. The van der Waals surface area contributed by atoms with E-state index in [0.29, 0.717) is 16.3 Å². The molecule has 23 heavy (non-hydrogen) atoms. The van der Waals surface area contributed by atoms with Gasteiger partial charge in [-0.3, -0.25) is 4.79 Å². The van der Waals surface area contributed by atoms with Crippen molar-refractivity contribution in [1.82, 2.24) is 5.32 Å². The molecule has 0 saturated heterocycles. The van der Waals surface area contributed by atoms with E-state index in [9.17, 15) is 9.18 Å². The zero-order valence-corrected chi connectivity index (χ0v) is 13.3. The van der Waals surface area contributed by atoms with E-state index < -0.39 is 6.10 Å². The monoisotopic (exact) mass is 337 g/mol. The molecular formula is C17H17ClFNO3. The molecule has 0 bridgehead atoms. The molecule has 1 amide bonds. The summed E-state index contributed by atoms with van der Waals surface area (Å²) in [7, 11) is 1.51. The number of methoxy groups -OCH3 is 1. The number of hydrogen-bond donors (Lipinski definition) is 1. The Morgan fingerprint density at radius 2 is 2.00 bits per heavy atom. The van der Waals surface area contributed by atoms with Gasteiger partial charge in [0, 0.05) is 18.7 Å². The van der Waals surface area contributed by atoms with Gasteiger partial charge in [0.25, 0.3) is 5.91 Å². The first-order valence-electron chi connectivity index (χ1n) is 7.02. The van der Waals surface area contributed by atoms with Gasteiger partial charge in [0.1, 0.15) is 11.6 Å². The van der Waals surface area contributed by atoms with Crippen LogP contribution in [0.4, 0.5) is 4.39 Å². The Bertz CT molecular complexity index is 649. The van der Waals surface area contributed by atoms with E-state index in [0.717, 1.165) is 0 Å². The van der Waals surface area contributed by atoms with E-state index in [-0.39, 0.29) is 24.9 Å². The Labute approximate surface area is 139 Å². The smallest absolute Gasteiger partial charge is 0.258 e. The van der Waals surface area contributed by atoms with E-state index >= 15 is 0 Å². The van der Waals surface area contributed by atoms with E-state index in [1.165, 1.54) is 19.2 Å². The average molecular weight is 338 g/mol. The summed E-state index contributed by atoms with van der Waals surface area (Å²) in [5, 5.41) is 3.29. The molecule has 0 aromatic heterocycles. The first kappa shape index (κ1) is 17.2. The van der Waals surface area contributed by atoms with Crippen molar-refractivity contribution in [3.63, 3.8) is 0 Å². The molecule has 0 aliphatic carbocycles. The van der Waals surface area contributed by atoms with Crippen LogP contribution >= 0.6 is 11.6 Å². The SMILES string of the molecule is CO[C@H](CNC(=O)COc1ccc(Cl)cc1)c1cccc(F)c1. The van der Waals surface area contributed by atoms with Crippen molar-refractivity contribution >= 4 is 17.5 Å². The van der Waals surface area contributed by atoms with Crippen molar-refractivity contribution in [2.75, 3.05) is 20.3 Å². The van der Waals surface area contributed by atoms with Gasteiger partial charge in [-0.05, 0) is 42.0 Å². The lowest BCUT2D eigenvalue weighted by atomic mass is 10.1. The summed E-state index contributed by atoms with van der Waals surface area (Å²) in [4.78, 5) is 11.8. The Balaban J connectivity index is 1.81. The highest BCUT2D eigenvalue weighted by Crippen LogP contribution is 2.17. The predicted molar refractivity (Wildman–Crippen MR) is 86.1 cm³/mol. The van der Waals surface area contributed by atoms with Crippen LogP contribution in [-0.4, -0.2) is 26.2 Å². The van der Waals surface area contributed by atoms with Crippen molar-refractivity contribution in [1.29, 1.82) is 0 Å². The zero-order valence-electron chi connectivity index (χ0n) is 12.6. The van der Waals surface area contributed by atoms with Gasteiger partial charge >= 0.3 is 0 Å². The van der Waals surface area contributed by atoms with Crippen LogP contribution in [0, 0.1) is 5.82 Å². The number of rotatable bonds is 7. The van der Waals surface area contributed by atoms with Crippen molar-refractivity contribution in [3.8, 4) is 5.75 Å². The molecule has 6 heteroatoms. The lowest BCUT2D eigenvalue weighted by Crippen LogP contribution is -2.33. The number of carbonyl (C=O) groups is 1. The molecule has 0 saturated carbocycles. The molecule has 0 fully saturated rings. The van der Waals surface area contributed by atoms with Crippen molar-refractivity contribution in [2.24, 2.45) is 0 Å². The minimum atomic E-state index is -0.426. The largest absolute Gasteiger partial charge is 0.484 e. The maximum Gasteiger partial charge on any atom is 0.258 e. The van der Waals surface area contributed by atoms with Crippen molar-refractivity contribution in [3.05, 3.63) is 64.9 Å². The van der Waals surface area contributed by atoms with Crippen LogP contribution in [0.25, 0.3) is 0 Å². The van der Waals surface area contributed by atoms with Crippen LogP contribution in [0.5, 0.6) is 5.75 Å². The molecule has 2 aromatic rings. The quantitative estimate of drug-likeness (QED) is 0.842. The van der Waals surface area contributed by atoms with Gasteiger partial charge < -0.3 is 14.8 Å². The van der Waals surface area contributed by atoms with E-state index in [4.69, 9.17) is 21.1 Å². The third-order valence-corrected chi connectivity index (χ3v) is 3.43. The Morgan fingerprint density at radius 3 is 2.65 bits per heavy atom. The molecule has 2 aromatic carbocycles. The first-order valence-corrected chi connectivity index (χ1v) is 7.39. The fourth-order valence-electron chi connectivity index (χ4n) is 1.98. The Kier molecular flexibility index (Phi) is 6.38. The van der Waals surface area contributed by atoms with Crippen molar-refractivity contribution in [2.45, 2.75) is 6.10 Å². The van der Waals surface area contributed by atoms with Crippen LogP contribution in [0.2, 0.25) is 5.02 Å². The van der Waals surface area contributed by atoms with Gasteiger partial charge in [-0.15, -0.1) is 0 Å². The number of benzene rings is 2. The van der Waals surface area contributed by atoms with Gasteiger partial charge in [0.15, 0.2) is 6.61 Å². The highest BCUT2D eigenvalue weighted by molar-refractivity contribution is 6.30. The lowest BCUT2D eigenvalue weighted by Gasteiger charge is -2.16. The second kappa shape index (κ2) is 8.50. The third-order valence-electron chi connectivity index (χ3n) is 3.17. The zero-order chi connectivity index (χ0) is 16.7. The highest BCUT2D eigenvalue weighted by Gasteiger charge is 2.13. The summed E-state index contributed by atoms with van der Waals surface area (Å²) in [5.74, 6) is -0.0849. The molecule has 122 valence electrons. The van der Waals surface area contributed by atoms with Gasteiger partial charge in [-0.25, -0.2) is 4.39 Å². The van der Waals surface area contributed by atoms with Crippen LogP contribution < -0.4 is 10.1 Å². The van der Waals surface area contributed by atoms with Gasteiger partial charge in [-0.1, -0.05) is 23.7 Å². The summed E-state index contributed by atoms with van der Waals surface area (Å²) in [6.07, 6.45) is -0.426. The Morgan fingerprint density at radius 1 is 1.26 bits per heavy atom. The second-order valence-electron chi connectivity index (χ2n) is 4.83. The molecule has 4 nitrogen and oxygen atoms in total. The topological polar surface area (TPSA) is 47.6 Å². The molecule has 0 radical (unpaired) electrons. The Hall–Kier alpha value is -2.11. The lowest BCUT2D eigenvalue weighted by molar-refractivity contribution is -0.123. The fraction of sp³-hybridized carbons (Fsp3) is 0.235. The maximum absolute atomic E-state index is 13.2. The second-order valence-corrected chi connectivity index (χ2v) is 5.26. The molecule has 0 unspecified atom stereocenters. The summed E-state index contributed by atoms with van der Waals surface area (Å²) in [6, 6.07) is 12.8. The molecule has 0 spiro atoms. The minimum absolute atomic E-state index is 0.124. The number of hydrogen-bond acceptors (Lipinski definition) is 3. The summed E-state index contributed by atoms with van der Waals surface area (Å²) in [6.45, 7) is 0.101. The van der Waals surface area contributed by atoms with Crippen molar-refractivity contribution < 1.29 is 18.7 Å². The third kappa shape index (κ3) is 5.54. The fourth-order valence-corrected chi connectivity index (χ4v) is 2.11. The van der Waals surface area contributed by atoms with Crippen LogP contribution in [0.15, 0.2) is 48.5 Å². The van der Waals surface area contributed by atoms with E-state index in [2.05, 4.69) is 5.32 Å². The molecule has 0 aliphatic rings. The minimum Gasteiger partial charge on any atom is -0.484 e. The standard InChI is InChI=1S/C17H17ClFNO3/c1-22-16(12-3-2-4-14(19)9-12)10-20-17(21)11-23-15-7-5-13(18)6-8-15/h2-9,16H,10-11H2,1H3,(H,20,21)/t16-/m1/s1. The molecule has 1 atom stereocenters. The van der Waals surface area contributed by atoms with E-state index in [1.807, 2.05) is 0 Å². The van der Waals surface area contributed by atoms with Gasteiger partial charge in [-0.2, -0.15) is 0 Å². The van der Waals surface area contributed by atoms with E-state index in [1.54, 1.807) is 36.4 Å². The molecular weight excluding hydrogens is 321 g/mol. The van der Waals surface area contributed by atoms with Crippen LogP contribution in [0.3, 0.4) is 0 Å². The highest BCUT2D eigenvalue weighted by atomic mass is 35.5. The van der Waals surface area contributed by atoms with Crippen LogP contribution in [-0.2, 0) is 9.53 Å². The normalized spacial score (nSPS) is 11.8. The maximum atomic E-state index is 13.2. The summed E-state index contributed by atoms with van der Waals surface area (Å²) >= 11 is 5.77. The summed E-state index contributed by atoms with van der Waals surface area (Å²) in [5.41, 5.74) is 0.659. The number of carbonyl (C=O) groups excluding carboxylic acids is 1. The average Bonchev–Trinajstić information content (AvgIpc) is 2.55. The first-order chi connectivity index (χ1) is 11.1. The number of amides is 1.